The Hall–Kier alpha value is -0.120. The highest BCUT2D eigenvalue weighted by Gasteiger charge is 2.36. The zero-order valence-electron chi connectivity index (χ0n) is 9.82. The van der Waals surface area contributed by atoms with Gasteiger partial charge in [0, 0.05) is 25.2 Å². The molecule has 0 aromatic rings. The quantitative estimate of drug-likeness (QED) is 0.745. The molecule has 1 aliphatic heterocycles. The molecule has 1 saturated carbocycles. The molecular weight excluding hydrogens is 188 g/mol. The second-order valence-corrected chi connectivity index (χ2v) is 4.84. The summed E-state index contributed by atoms with van der Waals surface area (Å²) in [6, 6.07) is 1.38. The van der Waals surface area contributed by atoms with Crippen molar-refractivity contribution in [2.75, 3.05) is 26.3 Å². The number of nitrogens with two attached hydrogens (primary N) is 1. The Morgan fingerprint density at radius 2 is 2.20 bits per heavy atom. The maximum absolute atomic E-state index is 5.95. The number of ether oxygens (including phenoxy) is 1. The van der Waals surface area contributed by atoms with E-state index in [-0.39, 0.29) is 0 Å². The summed E-state index contributed by atoms with van der Waals surface area (Å²) in [4.78, 5) is 2.61. The fraction of sp³-hybridized carbons (Fsp3) is 1.00. The maximum atomic E-state index is 5.95. The largest absolute Gasteiger partial charge is 0.381 e. The van der Waals surface area contributed by atoms with E-state index in [1.54, 1.807) is 0 Å². The fourth-order valence-corrected chi connectivity index (χ4v) is 2.84. The number of likely N-dealkylation sites (N-methyl/N-ethyl adjacent to an activating group) is 1. The summed E-state index contributed by atoms with van der Waals surface area (Å²) in [6.07, 6.45) is 5.25. The Morgan fingerprint density at radius 3 is 2.67 bits per heavy atom. The Bertz CT molecular complexity index is 188. The monoisotopic (exact) mass is 212 g/mol. The van der Waals surface area contributed by atoms with E-state index in [2.05, 4.69) is 11.8 Å². The third kappa shape index (κ3) is 2.71. The second kappa shape index (κ2) is 5.28. The van der Waals surface area contributed by atoms with Crippen LogP contribution in [0.5, 0.6) is 0 Å². The first-order valence-electron chi connectivity index (χ1n) is 6.40. The molecule has 0 spiro atoms. The highest BCUT2D eigenvalue weighted by Crippen LogP contribution is 2.32. The molecule has 1 heterocycles. The van der Waals surface area contributed by atoms with Gasteiger partial charge in [-0.15, -0.1) is 0 Å². The smallest absolute Gasteiger partial charge is 0.0509 e. The third-order valence-electron chi connectivity index (χ3n) is 3.79. The summed E-state index contributed by atoms with van der Waals surface area (Å²) in [7, 11) is 0. The van der Waals surface area contributed by atoms with Crippen LogP contribution in [0.1, 0.15) is 32.6 Å². The van der Waals surface area contributed by atoms with Gasteiger partial charge in [-0.2, -0.15) is 0 Å². The van der Waals surface area contributed by atoms with E-state index in [1.165, 1.54) is 25.7 Å². The molecule has 0 amide bonds. The number of hydrogen-bond donors (Lipinski definition) is 1. The van der Waals surface area contributed by atoms with E-state index in [4.69, 9.17) is 10.5 Å². The van der Waals surface area contributed by atoms with Crippen LogP contribution in [0.3, 0.4) is 0 Å². The Labute approximate surface area is 93.0 Å². The summed E-state index contributed by atoms with van der Waals surface area (Å²) < 4.78 is 5.58. The molecule has 2 rings (SSSR count). The number of hydrogen-bond acceptors (Lipinski definition) is 3. The van der Waals surface area contributed by atoms with Crippen molar-refractivity contribution in [3.8, 4) is 0 Å². The molecule has 1 aliphatic carbocycles. The Balaban J connectivity index is 1.93. The Kier molecular flexibility index (Phi) is 4.00. The van der Waals surface area contributed by atoms with Gasteiger partial charge in [0.05, 0.1) is 6.61 Å². The van der Waals surface area contributed by atoms with Gasteiger partial charge >= 0.3 is 0 Å². The van der Waals surface area contributed by atoms with Crippen LogP contribution in [0, 0.1) is 5.92 Å². The minimum absolute atomic E-state index is 0.558. The lowest BCUT2D eigenvalue weighted by atomic mass is 9.92. The van der Waals surface area contributed by atoms with Crippen LogP contribution >= 0.6 is 0 Å². The molecule has 2 unspecified atom stereocenters. The van der Waals surface area contributed by atoms with Gasteiger partial charge in [-0.05, 0) is 38.1 Å². The lowest BCUT2D eigenvalue weighted by molar-refractivity contribution is 0.0102. The van der Waals surface area contributed by atoms with Crippen LogP contribution in [0.2, 0.25) is 0 Å². The third-order valence-corrected chi connectivity index (χ3v) is 3.79. The predicted octanol–water partition coefficient (Wildman–Crippen LogP) is 1.22. The highest BCUT2D eigenvalue weighted by atomic mass is 16.5. The molecule has 3 nitrogen and oxygen atoms in total. The minimum atomic E-state index is 0.558. The van der Waals surface area contributed by atoms with Gasteiger partial charge in [0.2, 0.25) is 0 Å². The van der Waals surface area contributed by atoms with Gasteiger partial charge in [-0.1, -0.05) is 6.92 Å². The topological polar surface area (TPSA) is 38.5 Å². The van der Waals surface area contributed by atoms with Crippen molar-refractivity contribution in [2.45, 2.75) is 44.7 Å². The Morgan fingerprint density at radius 1 is 1.40 bits per heavy atom. The van der Waals surface area contributed by atoms with Crippen LogP contribution in [0.25, 0.3) is 0 Å². The van der Waals surface area contributed by atoms with Crippen molar-refractivity contribution in [1.82, 2.24) is 4.90 Å². The van der Waals surface area contributed by atoms with Crippen molar-refractivity contribution in [3.63, 3.8) is 0 Å². The van der Waals surface area contributed by atoms with Gasteiger partial charge in [0.25, 0.3) is 0 Å². The summed E-state index contributed by atoms with van der Waals surface area (Å²) in [6.45, 7) is 6.06. The summed E-state index contributed by atoms with van der Waals surface area (Å²) in [5, 5.41) is 0. The molecule has 2 N–H and O–H groups in total. The second-order valence-electron chi connectivity index (χ2n) is 4.84. The predicted molar refractivity (Wildman–Crippen MR) is 61.8 cm³/mol. The van der Waals surface area contributed by atoms with Crippen molar-refractivity contribution < 1.29 is 4.74 Å². The van der Waals surface area contributed by atoms with Crippen LogP contribution < -0.4 is 5.73 Å². The van der Waals surface area contributed by atoms with Crippen molar-refractivity contribution in [2.24, 2.45) is 11.7 Å². The lowest BCUT2D eigenvalue weighted by Gasteiger charge is -2.37. The van der Waals surface area contributed by atoms with Crippen LogP contribution in [0.4, 0.5) is 0 Å². The van der Waals surface area contributed by atoms with Gasteiger partial charge in [0.1, 0.15) is 0 Å². The van der Waals surface area contributed by atoms with E-state index < -0.39 is 0 Å². The summed E-state index contributed by atoms with van der Waals surface area (Å²) >= 11 is 0. The van der Waals surface area contributed by atoms with Gasteiger partial charge in [0.15, 0.2) is 0 Å². The number of rotatable bonds is 5. The van der Waals surface area contributed by atoms with Gasteiger partial charge in [-0.25, -0.2) is 0 Å². The van der Waals surface area contributed by atoms with Crippen molar-refractivity contribution in [3.05, 3.63) is 0 Å². The van der Waals surface area contributed by atoms with Crippen LogP contribution in [0.15, 0.2) is 0 Å². The molecule has 2 atom stereocenters. The average molecular weight is 212 g/mol. The summed E-state index contributed by atoms with van der Waals surface area (Å²) in [5.74, 6) is 0.671. The summed E-state index contributed by atoms with van der Waals surface area (Å²) in [5.41, 5.74) is 5.95. The van der Waals surface area contributed by atoms with E-state index >= 15 is 0 Å². The molecule has 0 aromatic carbocycles. The molecule has 0 aromatic heterocycles. The van der Waals surface area contributed by atoms with E-state index in [9.17, 15) is 0 Å². The molecule has 15 heavy (non-hydrogen) atoms. The van der Waals surface area contributed by atoms with Crippen molar-refractivity contribution in [1.29, 1.82) is 0 Å². The first-order chi connectivity index (χ1) is 7.36. The minimum Gasteiger partial charge on any atom is -0.381 e. The first kappa shape index (κ1) is 11.4. The first-order valence-corrected chi connectivity index (χ1v) is 6.40. The van der Waals surface area contributed by atoms with Crippen LogP contribution in [-0.2, 0) is 4.74 Å². The molecule has 2 aliphatic rings. The van der Waals surface area contributed by atoms with E-state index in [0.717, 1.165) is 32.3 Å². The average Bonchev–Trinajstić information content (AvgIpc) is 3.11. The zero-order valence-corrected chi connectivity index (χ0v) is 9.82. The molecule has 88 valence electrons. The normalized spacial score (nSPS) is 29.4. The lowest BCUT2D eigenvalue weighted by Crippen LogP contribution is -2.49. The highest BCUT2D eigenvalue weighted by molar-refractivity contribution is 4.91. The fourth-order valence-electron chi connectivity index (χ4n) is 2.84. The van der Waals surface area contributed by atoms with Crippen LogP contribution in [-0.4, -0.2) is 43.3 Å². The SMILES string of the molecule is CCN(C1CC1)C(CN)C1CCCOC1. The number of nitrogens with zero attached hydrogens (tertiary/aromatic N) is 1. The molecular formula is C12H24N2O. The van der Waals surface area contributed by atoms with E-state index in [1.807, 2.05) is 0 Å². The standard InChI is InChI=1S/C12H24N2O/c1-2-14(11-5-6-11)12(8-13)10-4-3-7-15-9-10/h10-12H,2-9,13H2,1H3. The maximum Gasteiger partial charge on any atom is 0.0509 e. The molecule has 3 heteroatoms. The molecule has 1 saturated heterocycles. The van der Waals surface area contributed by atoms with Gasteiger partial charge in [-0.3, -0.25) is 4.90 Å². The molecule has 2 fully saturated rings. The van der Waals surface area contributed by atoms with Crippen molar-refractivity contribution >= 4 is 0 Å². The van der Waals surface area contributed by atoms with E-state index in [0.29, 0.717) is 12.0 Å². The van der Waals surface area contributed by atoms with Gasteiger partial charge < -0.3 is 10.5 Å². The molecule has 0 bridgehead atoms. The zero-order chi connectivity index (χ0) is 10.7. The molecule has 0 radical (unpaired) electrons.